The summed E-state index contributed by atoms with van der Waals surface area (Å²) in [6.07, 6.45) is 2.20. The number of hydrogen-bond donors (Lipinski definition) is 2. The molecule has 2 rings (SSSR count). The standard InChI is InChI=1S/C12H14BrClN2O2/c13-11-9(14)4-1-5-10(11)16-12(17)15-7-8-3-2-6-18-8/h1,4-5,8H,2-3,6-7H2,(H2,15,16,17). The highest BCUT2D eigenvalue weighted by molar-refractivity contribution is 9.10. The predicted octanol–water partition coefficient (Wildman–Crippen LogP) is 3.40. The largest absolute Gasteiger partial charge is 0.376 e. The van der Waals surface area contributed by atoms with Gasteiger partial charge in [0.2, 0.25) is 0 Å². The van der Waals surface area contributed by atoms with Gasteiger partial charge >= 0.3 is 6.03 Å². The molecule has 2 amide bonds. The molecule has 1 unspecified atom stereocenters. The zero-order chi connectivity index (χ0) is 13.0. The van der Waals surface area contributed by atoms with Crippen molar-refractivity contribution < 1.29 is 9.53 Å². The van der Waals surface area contributed by atoms with E-state index < -0.39 is 0 Å². The molecule has 0 aromatic heterocycles. The lowest BCUT2D eigenvalue weighted by Gasteiger charge is -2.12. The van der Waals surface area contributed by atoms with Gasteiger partial charge in [-0.1, -0.05) is 17.7 Å². The maximum absolute atomic E-state index is 11.7. The molecule has 0 radical (unpaired) electrons. The summed E-state index contributed by atoms with van der Waals surface area (Å²) in [6, 6.07) is 5.05. The minimum Gasteiger partial charge on any atom is -0.376 e. The van der Waals surface area contributed by atoms with Gasteiger partial charge in [-0.2, -0.15) is 0 Å². The van der Waals surface area contributed by atoms with Crippen LogP contribution in [0.25, 0.3) is 0 Å². The summed E-state index contributed by atoms with van der Waals surface area (Å²) in [6.45, 7) is 1.32. The number of nitrogens with one attached hydrogen (secondary N) is 2. The SMILES string of the molecule is O=C(NCC1CCCO1)Nc1cccc(Cl)c1Br. The summed E-state index contributed by atoms with van der Waals surface area (Å²) >= 11 is 9.27. The van der Waals surface area contributed by atoms with Crippen molar-refractivity contribution in [2.24, 2.45) is 0 Å². The molecule has 1 aliphatic rings. The summed E-state index contributed by atoms with van der Waals surface area (Å²) in [7, 11) is 0. The molecule has 1 fully saturated rings. The number of carbonyl (C=O) groups excluding carboxylic acids is 1. The lowest BCUT2D eigenvalue weighted by molar-refractivity contribution is 0.112. The normalized spacial score (nSPS) is 18.7. The van der Waals surface area contributed by atoms with Gasteiger partial charge in [-0.05, 0) is 40.9 Å². The highest BCUT2D eigenvalue weighted by Gasteiger charge is 2.16. The molecule has 4 nitrogen and oxygen atoms in total. The van der Waals surface area contributed by atoms with Crippen LogP contribution in [-0.2, 0) is 4.74 Å². The Labute approximate surface area is 119 Å². The molecule has 2 N–H and O–H groups in total. The first-order valence-corrected chi connectivity index (χ1v) is 6.94. The Balaban J connectivity index is 1.84. The van der Waals surface area contributed by atoms with Crippen molar-refractivity contribution in [3.8, 4) is 0 Å². The molecular weight excluding hydrogens is 320 g/mol. The molecule has 1 atom stereocenters. The summed E-state index contributed by atoms with van der Waals surface area (Å²) in [5.74, 6) is 0. The Morgan fingerprint density at radius 2 is 2.39 bits per heavy atom. The van der Waals surface area contributed by atoms with Crippen LogP contribution in [0.4, 0.5) is 10.5 Å². The van der Waals surface area contributed by atoms with Crippen LogP contribution >= 0.6 is 27.5 Å². The van der Waals surface area contributed by atoms with Crippen molar-refractivity contribution in [2.75, 3.05) is 18.5 Å². The van der Waals surface area contributed by atoms with E-state index in [1.54, 1.807) is 18.2 Å². The van der Waals surface area contributed by atoms with Crippen LogP contribution in [0.3, 0.4) is 0 Å². The summed E-state index contributed by atoms with van der Waals surface area (Å²) < 4.78 is 6.10. The highest BCUT2D eigenvalue weighted by Crippen LogP contribution is 2.29. The smallest absolute Gasteiger partial charge is 0.319 e. The molecule has 0 bridgehead atoms. The number of rotatable bonds is 3. The van der Waals surface area contributed by atoms with Gasteiger partial charge < -0.3 is 15.4 Å². The number of hydrogen-bond acceptors (Lipinski definition) is 2. The molecule has 6 heteroatoms. The first kappa shape index (κ1) is 13.6. The fraction of sp³-hybridized carbons (Fsp3) is 0.417. The van der Waals surface area contributed by atoms with Crippen molar-refractivity contribution in [2.45, 2.75) is 18.9 Å². The van der Waals surface area contributed by atoms with Crippen molar-refractivity contribution >= 4 is 39.2 Å². The third kappa shape index (κ3) is 3.60. The van der Waals surface area contributed by atoms with Crippen molar-refractivity contribution in [1.82, 2.24) is 5.32 Å². The minimum absolute atomic E-state index is 0.138. The van der Waals surface area contributed by atoms with Crippen molar-refractivity contribution in [3.05, 3.63) is 27.7 Å². The van der Waals surface area contributed by atoms with Gasteiger partial charge in [0.05, 0.1) is 21.3 Å². The number of amides is 2. The number of anilines is 1. The van der Waals surface area contributed by atoms with Crippen LogP contribution in [0.15, 0.2) is 22.7 Å². The molecule has 0 saturated carbocycles. The Morgan fingerprint density at radius 1 is 1.56 bits per heavy atom. The average Bonchev–Trinajstić information content (AvgIpc) is 2.86. The van der Waals surface area contributed by atoms with Gasteiger partial charge in [0.15, 0.2) is 0 Å². The van der Waals surface area contributed by atoms with Gasteiger partial charge in [-0.3, -0.25) is 0 Å². The third-order valence-electron chi connectivity index (χ3n) is 2.71. The average molecular weight is 334 g/mol. The van der Waals surface area contributed by atoms with Gasteiger partial charge in [-0.15, -0.1) is 0 Å². The molecule has 1 aromatic carbocycles. The van der Waals surface area contributed by atoms with E-state index in [2.05, 4.69) is 26.6 Å². The Bertz CT molecular complexity index is 436. The predicted molar refractivity (Wildman–Crippen MR) is 75.1 cm³/mol. The van der Waals surface area contributed by atoms with Gasteiger partial charge in [0.1, 0.15) is 0 Å². The molecule has 18 heavy (non-hydrogen) atoms. The summed E-state index contributed by atoms with van der Waals surface area (Å²) in [4.78, 5) is 11.7. The maximum atomic E-state index is 11.7. The number of carbonyl (C=O) groups is 1. The van der Waals surface area contributed by atoms with Crippen LogP contribution in [0, 0.1) is 0 Å². The fourth-order valence-electron chi connectivity index (χ4n) is 1.78. The molecule has 98 valence electrons. The quantitative estimate of drug-likeness (QED) is 0.890. The first-order valence-electron chi connectivity index (χ1n) is 5.77. The summed E-state index contributed by atoms with van der Waals surface area (Å²) in [5.41, 5.74) is 0.646. The van der Waals surface area contributed by atoms with Gasteiger partial charge in [-0.25, -0.2) is 4.79 Å². The lowest BCUT2D eigenvalue weighted by atomic mass is 10.2. The van der Waals surface area contributed by atoms with Crippen LogP contribution < -0.4 is 10.6 Å². The van der Waals surface area contributed by atoms with E-state index in [0.29, 0.717) is 21.7 Å². The zero-order valence-electron chi connectivity index (χ0n) is 9.71. The Hall–Kier alpha value is -0.780. The first-order chi connectivity index (χ1) is 8.66. The Kier molecular flexibility index (Phi) is 4.86. The van der Waals surface area contributed by atoms with E-state index >= 15 is 0 Å². The second-order valence-electron chi connectivity index (χ2n) is 4.07. The number of halogens is 2. The Morgan fingerprint density at radius 3 is 3.11 bits per heavy atom. The topological polar surface area (TPSA) is 50.4 Å². The van der Waals surface area contributed by atoms with Crippen LogP contribution in [0.1, 0.15) is 12.8 Å². The molecule has 1 aromatic rings. The molecule has 0 spiro atoms. The van der Waals surface area contributed by atoms with E-state index in [-0.39, 0.29) is 12.1 Å². The number of ether oxygens (including phenoxy) is 1. The molecule has 1 aliphatic heterocycles. The van der Waals surface area contributed by atoms with Gasteiger partial charge in [0.25, 0.3) is 0 Å². The van der Waals surface area contributed by atoms with E-state index in [1.165, 1.54) is 0 Å². The van der Waals surface area contributed by atoms with E-state index in [9.17, 15) is 4.79 Å². The maximum Gasteiger partial charge on any atom is 0.319 e. The van der Waals surface area contributed by atoms with Crippen LogP contribution in [-0.4, -0.2) is 25.3 Å². The van der Waals surface area contributed by atoms with E-state index in [4.69, 9.17) is 16.3 Å². The number of urea groups is 1. The molecular formula is C12H14BrClN2O2. The number of benzene rings is 1. The van der Waals surface area contributed by atoms with E-state index in [1.807, 2.05) is 0 Å². The third-order valence-corrected chi connectivity index (χ3v) is 4.11. The second kappa shape index (κ2) is 6.41. The lowest BCUT2D eigenvalue weighted by Crippen LogP contribution is -2.35. The van der Waals surface area contributed by atoms with E-state index in [0.717, 1.165) is 19.4 Å². The fourth-order valence-corrected chi connectivity index (χ4v) is 2.32. The molecule has 1 saturated heterocycles. The minimum atomic E-state index is -0.256. The van der Waals surface area contributed by atoms with Crippen LogP contribution in [0.2, 0.25) is 5.02 Å². The van der Waals surface area contributed by atoms with Crippen LogP contribution in [0.5, 0.6) is 0 Å². The summed E-state index contributed by atoms with van der Waals surface area (Å²) in [5, 5.41) is 6.08. The molecule has 1 heterocycles. The highest BCUT2D eigenvalue weighted by atomic mass is 79.9. The monoisotopic (exact) mass is 332 g/mol. The van der Waals surface area contributed by atoms with Crippen molar-refractivity contribution in [1.29, 1.82) is 0 Å². The van der Waals surface area contributed by atoms with Gasteiger partial charge in [0, 0.05) is 13.2 Å². The second-order valence-corrected chi connectivity index (χ2v) is 5.27. The van der Waals surface area contributed by atoms with Crippen molar-refractivity contribution in [3.63, 3.8) is 0 Å². The zero-order valence-corrected chi connectivity index (χ0v) is 12.1. The molecule has 0 aliphatic carbocycles.